The zero-order chi connectivity index (χ0) is 27.2. The highest BCUT2D eigenvalue weighted by Crippen LogP contribution is 2.52. The van der Waals surface area contributed by atoms with Gasteiger partial charge in [0.1, 0.15) is 0 Å². The molecule has 2 aromatic heterocycles. The summed E-state index contributed by atoms with van der Waals surface area (Å²) >= 11 is 8.09. The van der Waals surface area contributed by atoms with Crippen molar-refractivity contribution in [3.63, 3.8) is 0 Å². The van der Waals surface area contributed by atoms with Gasteiger partial charge in [-0.15, -0.1) is 11.8 Å². The zero-order valence-corrected chi connectivity index (χ0v) is 23.9. The topological polar surface area (TPSA) is 98.2 Å². The number of aromatic amines is 1. The number of carbonyl (C=O) groups excluding carboxylic acids is 1. The molecule has 1 fully saturated rings. The Morgan fingerprint density at radius 3 is 2.61 bits per heavy atom. The van der Waals surface area contributed by atoms with E-state index in [4.69, 9.17) is 21.1 Å². The summed E-state index contributed by atoms with van der Waals surface area (Å²) in [6.07, 6.45) is 9.93. The number of halogens is 1. The lowest BCUT2D eigenvalue weighted by molar-refractivity contribution is -0.121. The van der Waals surface area contributed by atoms with Crippen LogP contribution < -0.4 is 20.3 Å². The van der Waals surface area contributed by atoms with Crippen LogP contribution in [0, 0.1) is 19.8 Å². The Morgan fingerprint density at radius 2 is 1.95 bits per heavy atom. The minimum Gasteiger partial charge on any atom is -0.448 e. The predicted octanol–water partition coefficient (Wildman–Crippen LogP) is 5.49. The molecule has 1 aromatic carbocycles. The molecule has 2 aliphatic rings. The fourth-order valence-electron chi connectivity index (χ4n) is 5.65. The molecule has 1 atom stereocenters. The molecule has 0 unspecified atom stereocenters. The first-order chi connectivity index (χ1) is 18.1. The number of benzene rings is 1. The molecule has 0 saturated heterocycles. The third-order valence-corrected chi connectivity index (χ3v) is 8.92. The van der Waals surface area contributed by atoms with Crippen molar-refractivity contribution in [2.45, 2.75) is 69.6 Å². The van der Waals surface area contributed by atoms with E-state index in [1.807, 2.05) is 51.0 Å². The van der Waals surface area contributed by atoms with Crippen LogP contribution in [-0.2, 0) is 13.6 Å². The number of ether oxygens (including phenoxy) is 2. The van der Waals surface area contributed by atoms with E-state index in [-0.39, 0.29) is 23.9 Å². The van der Waals surface area contributed by atoms with Gasteiger partial charge in [0.15, 0.2) is 11.5 Å². The Hall–Kier alpha value is -2.91. The van der Waals surface area contributed by atoms with Gasteiger partial charge < -0.3 is 19.8 Å². The summed E-state index contributed by atoms with van der Waals surface area (Å²) < 4.78 is 14.7. The lowest BCUT2D eigenvalue weighted by atomic mass is 9.76. The average molecular weight is 557 g/mol. The molecule has 202 valence electrons. The number of thioether (sulfide) groups is 1. The van der Waals surface area contributed by atoms with Gasteiger partial charge in [0.05, 0.1) is 11.2 Å². The number of fused-ring (bicyclic) bond motifs is 1. The van der Waals surface area contributed by atoms with Gasteiger partial charge >= 0.3 is 0 Å². The number of nitrogens with one attached hydrogen (secondary N) is 2. The van der Waals surface area contributed by atoms with Crippen LogP contribution in [0.3, 0.4) is 0 Å². The summed E-state index contributed by atoms with van der Waals surface area (Å²) in [4.78, 5) is 29.3. The molecule has 5 rings (SSSR count). The number of amides is 1. The minimum absolute atomic E-state index is 0.105. The van der Waals surface area contributed by atoms with Crippen LogP contribution in [0.15, 0.2) is 34.2 Å². The Morgan fingerprint density at radius 1 is 1.24 bits per heavy atom. The first-order valence-electron chi connectivity index (χ1n) is 12.8. The van der Waals surface area contributed by atoms with E-state index in [0.29, 0.717) is 39.1 Å². The average Bonchev–Trinajstić information content (AvgIpc) is 3.49. The van der Waals surface area contributed by atoms with Crippen LogP contribution in [0.4, 0.5) is 0 Å². The van der Waals surface area contributed by atoms with E-state index in [1.165, 1.54) is 17.3 Å². The van der Waals surface area contributed by atoms with E-state index >= 15 is 0 Å². The van der Waals surface area contributed by atoms with Crippen molar-refractivity contribution in [3.05, 3.63) is 67.9 Å². The van der Waals surface area contributed by atoms with Crippen molar-refractivity contribution in [2.75, 3.05) is 6.26 Å². The number of carbonyl (C=O) groups is 1. The lowest BCUT2D eigenvalue weighted by Gasteiger charge is -2.37. The molecule has 3 heterocycles. The van der Waals surface area contributed by atoms with Crippen molar-refractivity contribution < 1.29 is 14.3 Å². The largest absolute Gasteiger partial charge is 0.448 e. The summed E-state index contributed by atoms with van der Waals surface area (Å²) in [5.41, 5.74) is 3.44. The molecule has 3 aromatic rings. The van der Waals surface area contributed by atoms with Crippen LogP contribution in [0.25, 0.3) is 0 Å². The molecule has 0 spiro atoms. The maximum absolute atomic E-state index is 13.2. The number of pyridine rings is 1. The third kappa shape index (κ3) is 4.94. The normalized spacial score (nSPS) is 22.5. The number of aromatic nitrogens is 3. The molecule has 10 heteroatoms. The molecule has 0 bridgehead atoms. The Labute approximate surface area is 231 Å². The highest BCUT2D eigenvalue weighted by atomic mass is 35.5. The highest BCUT2D eigenvalue weighted by molar-refractivity contribution is 7.98. The summed E-state index contributed by atoms with van der Waals surface area (Å²) in [5.74, 6) is 0.492. The van der Waals surface area contributed by atoms with Gasteiger partial charge in [-0.2, -0.15) is 5.10 Å². The second-order valence-corrected chi connectivity index (χ2v) is 11.7. The molecule has 0 radical (unpaired) electrons. The minimum atomic E-state index is -0.853. The SMILES string of the molecule is CSc1cc(C)[nH]c(=O)c1CNC(=O)c1cc(Cl)c2c(c1C)O[C@](C)(C1CCC(c3cnn(C)c3)CC1)O2. The monoisotopic (exact) mass is 556 g/mol. The summed E-state index contributed by atoms with van der Waals surface area (Å²) in [6.45, 7) is 5.74. The summed E-state index contributed by atoms with van der Waals surface area (Å²) in [6, 6.07) is 3.52. The highest BCUT2D eigenvalue weighted by Gasteiger charge is 2.47. The molecule has 1 aliphatic carbocycles. The van der Waals surface area contributed by atoms with E-state index < -0.39 is 5.79 Å². The van der Waals surface area contributed by atoms with Crippen LogP contribution in [-0.4, -0.2) is 32.7 Å². The molecular weight excluding hydrogens is 524 g/mol. The van der Waals surface area contributed by atoms with Crippen molar-refractivity contribution in [1.29, 1.82) is 0 Å². The predicted molar refractivity (Wildman–Crippen MR) is 149 cm³/mol. The van der Waals surface area contributed by atoms with Crippen molar-refractivity contribution >= 4 is 29.3 Å². The maximum Gasteiger partial charge on any atom is 0.254 e. The van der Waals surface area contributed by atoms with Gasteiger partial charge in [-0.1, -0.05) is 11.6 Å². The quantitative estimate of drug-likeness (QED) is 0.389. The number of hydrogen-bond acceptors (Lipinski definition) is 6. The van der Waals surface area contributed by atoms with Gasteiger partial charge in [-0.25, -0.2) is 0 Å². The molecule has 2 N–H and O–H groups in total. The van der Waals surface area contributed by atoms with E-state index in [1.54, 1.807) is 6.07 Å². The first kappa shape index (κ1) is 26.7. The van der Waals surface area contributed by atoms with Crippen LogP contribution in [0.5, 0.6) is 11.5 Å². The van der Waals surface area contributed by atoms with E-state index in [0.717, 1.165) is 36.3 Å². The number of nitrogens with zero attached hydrogens (tertiary/aromatic N) is 2. The second kappa shape index (κ2) is 10.3. The van der Waals surface area contributed by atoms with E-state index in [2.05, 4.69) is 21.6 Å². The number of rotatable bonds is 6. The van der Waals surface area contributed by atoms with Crippen molar-refractivity contribution in [2.24, 2.45) is 13.0 Å². The number of H-pyrrole nitrogens is 1. The molecule has 8 nitrogen and oxygen atoms in total. The van der Waals surface area contributed by atoms with E-state index in [9.17, 15) is 9.59 Å². The van der Waals surface area contributed by atoms with Crippen molar-refractivity contribution in [1.82, 2.24) is 20.1 Å². The first-order valence-corrected chi connectivity index (χ1v) is 14.4. The maximum atomic E-state index is 13.2. The molecule has 1 amide bonds. The molecule has 1 saturated carbocycles. The fraction of sp³-hybridized carbons (Fsp3) is 0.464. The van der Waals surface area contributed by atoms with Crippen LogP contribution >= 0.6 is 23.4 Å². The smallest absolute Gasteiger partial charge is 0.254 e. The third-order valence-electron chi connectivity index (χ3n) is 7.83. The van der Waals surface area contributed by atoms with Gasteiger partial charge in [0.2, 0.25) is 0 Å². The molecular formula is C28H33ClN4O4S. The zero-order valence-electron chi connectivity index (χ0n) is 22.3. The van der Waals surface area contributed by atoms with Gasteiger partial charge in [-0.3, -0.25) is 14.3 Å². The van der Waals surface area contributed by atoms with Crippen molar-refractivity contribution in [3.8, 4) is 11.5 Å². The number of aryl methyl sites for hydroxylation is 2. The fourth-order valence-corrected chi connectivity index (χ4v) is 6.59. The lowest BCUT2D eigenvalue weighted by Crippen LogP contribution is -2.44. The molecule has 38 heavy (non-hydrogen) atoms. The summed E-state index contributed by atoms with van der Waals surface area (Å²) in [7, 11) is 1.94. The second-order valence-electron chi connectivity index (χ2n) is 10.4. The standard InChI is InChI=1S/C28H33ClN4O4S/c1-15-10-23(38-5)21(27(35)32-15)13-30-26(34)20-11-22(29)25-24(16(20)2)36-28(3,37-25)19-8-6-17(7-9-19)18-12-31-33(4)14-18/h10-12,14,17,19H,6-9,13H2,1-5H3,(H,30,34)(H,32,35)/t17?,19?,28-/m0/s1. The number of hydrogen-bond donors (Lipinski definition) is 2. The Bertz CT molecular complexity index is 1440. The van der Waals surface area contributed by atoms with Gasteiger partial charge in [0.25, 0.3) is 17.3 Å². The van der Waals surface area contributed by atoms with Gasteiger partial charge in [0, 0.05) is 59.9 Å². The Balaban J connectivity index is 1.30. The molecule has 1 aliphatic heterocycles. The van der Waals surface area contributed by atoms with Crippen LogP contribution in [0.1, 0.15) is 71.3 Å². The Kier molecular flexibility index (Phi) is 7.26. The van der Waals surface area contributed by atoms with Crippen LogP contribution in [0.2, 0.25) is 5.02 Å². The summed E-state index contributed by atoms with van der Waals surface area (Å²) in [5, 5.41) is 7.54. The van der Waals surface area contributed by atoms with Gasteiger partial charge in [-0.05, 0) is 69.4 Å².